The lowest BCUT2D eigenvalue weighted by Crippen LogP contribution is -2.17. The summed E-state index contributed by atoms with van der Waals surface area (Å²) in [6.45, 7) is 3.46. The molecule has 0 radical (unpaired) electrons. The zero-order valence-corrected chi connectivity index (χ0v) is 17.1. The molecule has 9 heteroatoms. The summed E-state index contributed by atoms with van der Waals surface area (Å²) in [6.07, 6.45) is 3.06. The van der Waals surface area contributed by atoms with Crippen molar-refractivity contribution in [2.24, 2.45) is 5.10 Å². The first-order valence-electron chi connectivity index (χ1n) is 8.34. The average Bonchev–Trinajstić information content (AvgIpc) is 2.71. The minimum absolute atomic E-state index is 0.321. The number of nitrogens with one attached hydrogen (secondary N) is 1. The molecule has 0 saturated carbocycles. The molecule has 152 valence electrons. The van der Waals surface area contributed by atoms with Crippen molar-refractivity contribution in [1.82, 2.24) is 5.43 Å². The van der Waals surface area contributed by atoms with E-state index in [9.17, 15) is 9.59 Å². The molecular formula is C20H19BrN2O6. The Morgan fingerprint density at radius 3 is 2.59 bits per heavy atom. The Hall–Kier alpha value is -3.33. The van der Waals surface area contributed by atoms with E-state index in [-0.39, 0.29) is 0 Å². The predicted octanol–water partition coefficient (Wildman–Crippen LogP) is 3.25. The maximum Gasteiger partial charge on any atom is 0.341 e. The van der Waals surface area contributed by atoms with Gasteiger partial charge in [0.15, 0.2) is 18.1 Å². The summed E-state index contributed by atoms with van der Waals surface area (Å²) >= 11 is 3.30. The molecule has 2 rings (SSSR count). The highest BCUT2D eigenvalue weighted by atomic mass is 79.9. The standard InChI is InChI=1S/C20H19BrN2O6/c1-3-8-28-17-7-5-14(10-18(17)27-2)20(26)23-22-11-13-4-6-16(15(21)9-13)29-12-19(24)25/h3-7,9-11H,1,8,12H2,2H3,(H,23,26)(H,24,25)/b22-11+. The van der Waals surface area contributed by atoms with Crippen molar-refractivity contribution in [3.63, 3.8) is 0 Å². The lowest BCUT2D eigenvalue weighted by molar-refractivity contribution is -0.139. The zero-order valence-electron chi connectivity index (χ0n) is 15.6. The summed E-state index contributed by atoms with van der Waals surface area (Å²) in [7, 11) is 1.48. The number of carboxylic acid groups (broad SMARTS) is 1. The number of carbonyl (C=O) groups is 2. The van der Waals surface area contributed by atoms with Crippen LogP contribution >= 0.6 is 15.9 Å². The van der Waals surface area contributed by atoms with Crippen molar-refractivity contribution in [3.8, 4) is 17.2 Å². The van der Waals surface area contributed by atoms with E-state index >= 15 is 0 Å². The van der Waals surface area contributed by atoms with E-state index < -0.39 is 18.5 Å². The Balaban J connectivity index is 2.01. The van der Waals surface area contributed by atoms with Gasteiger partial charge in [0.25, 0.3) is 5.91 Å². The molecule has 0 atom stereocenters. The van der Waals surface area contributed by atoms with Crippen molar-refractivity contribution in [1.29, 1.82) is 0 Å². The summed E-state index contributed by atoms with van der Waals surface area (Å²) < 4.78 is 16.4. The van der Waals surface area contributed by atoms with E-state index in [4.69, 9.17) is 19.3 Å². The van der Waals surface area contributed by atoms with Crippen molar-refractivity contribution < 1.29 is 28.9 Å². The van der Waals surface area contributed by atoms with Crippen LogP contribution < -0.4 is 19.6 Å². The molecule has 0 spiro atoms. The van der Waals surface area contributed by atoms with Gasteiger partial charge in [0.1, 0.15) is 12.4 Å². The van der Waals surface area contributed by atoms with Gasteiger partial charge < -0.3 is 19.3 Å². The van der Waals surface area contributed by atoms with E-state index in [1.54, 1.807) is 42.5 Å². The number of benzene rings is 2. The number of amides is 1. The van der Waals surface area contributed by atoms with Gasteiger partial charge in [-0.05, 0) is 57.9 Å². The molecule has 1 amide bonds. The van der Waals surface area contributed by atoms with E-state index in [1.165, 1.54) is 13.3 Å². The third-order valence-corrected chi connectivity index (χ3v) is 4.09. The molecule has 0 heterocycles. The van der Waals surface area contributed by atoms with Gasteiger partial charge in [-0.1, -0.05) is 12.7 Å². The van der Waals surface area contributed by atoms with Crippen molar-refractivity contribution in [2.45, 2.75) is 0 Å². The quantitative estimate of drug-likeness (QED) is 0.318. The second-order valence-corrected chi connectivity index (χ2v) is 6.39. The second-order valence-electron chi connectivity index (χ2n) is 5.54. The van der Waals surface area contributed by atoms with Crippen molar-refractivity contribution >= 4 is 34.0 Å². The van der Waals surface area contributed by atoms with Gasteiger partial charge in [0, 0.05) is 5.56 Å². The van der Waals surface area contributed by atoms with Crippen molar-refractivity contribution in [2.75, 3.05) is 20.3 Å². The van der Waals surface area contributed by atoms with E-state index in [0.29, 0.717) is 39.5 Å². The number of hydrogen-bond acceptors (Lipinski definition) is 6. The molecule has 29 heavy (non-hydrogen) atoms. The van der Waals surface area contributed by atoms with Gasteiger partial charge in [0.05, 0.1) is 17.8 Å². The van der Waals surface area contributed by atoms with Crippen LogP contribution in [-0.4, -0.2) is 43.5 Å². The van der Waals surface area contributed by atoms with Crippen molar-refractivity contribution in [3.05, 3.63) is 64.7 Å². The number of ether oxygens (including phenoxy) is 3. The number of methoxy groups -OCH3 is 1. The molecule has 0 unspecified atom stereocenters. The SMILES string of the molecule is C=CCOc1ccc(C(=O)N/N=C/c2ccc(OCC(=O)O)c(Br)c2)cc1OC. The van der Waals surface area contributed by atoms with Gasteiger partial charge in [0.2, 0.25) is 0 Å². The van der Waals surface area contributed by atoms with Gasteiger partial charge in [-0.2, -0.15) is 5.10 Å². The average molecular weight is 463 g/mol. The summed E-state index contributed by atoms with van der Waals surface area (Å²) in [6, 6.07) is 9.73. The smallest absolute Gasteiger partial charge is 0.341 e. The Labute approximate surface area is 175 Å². The van der Waals surface area contributed by atoms with Crippen LogP contribution in [-0.2, 0) is 4.79 Å². The Bertz CT molecular complexity index is 929. The van der Waals surface area contributed by atoms with Gasteiger partial charge in [-0.3, -0.25) is 4.79 Å². The number of carbonyl (C=O) groups excluding carboxylic acids is 1. The molecule has 0 bridgehead atoms. The van der Waals surface area contributed by atoms with Crippen LogP contribution in [0.15, 0.2) is 58.6 Å². The fourth-order valence-corrected chi connectivity index (χ4v) is 2.67. The summed E-state index contributed by atoms with van der Waals surface area (Å²) in [4.78, 5) is 22.8. The fourth-order valence-electron chi connectivity index (χ4n) is 2.16. The third kappa shape index (κ3) is 6.65. The molecular weight excluding hydrogens is 444 g/mol. The molecule has 0 fully saturated rings. The van der Waals surface area contributed by atoms with E-state index in [2.05, 4.69) is 33.0 Å². The number of hydrogen-bond donors (Lipinski definition) is 2. The summed E-state index contributed by atoms with van der Waals surface area (Å²) in [5.41, 5.74) is 3.45. The monoisotopic (exact) mass is 462 g/mol. The van der Waals surface area contributed by atoms with E-state index in [0.717, 1.165) is 0 Å². The first kappa shape index (κ1) is 22.0. The maximum absolute atomic E-state index is 12.3. The highest BCUT2D eigenvalue weighted by Gasteiger charge is 2.10. The molecule has 0 aromatic heterocycles. The number of halogens is 1. The number of carboxylic acids is 1. The third-order valence-electron chi connectivity index (χ3n) is 3.47. The highest BCUT2D eigenvalue weighted by molar-refractivity contribution is 9.10. The molecule has 2 aromatic carbocycles. The van der Waals surface area contributed by atoms with Gasteiger partial charge in [-0.15, -0.1) is 0 Å². The lowest BCUT2D eigenvalue weighted by atomic mass is 10.2. The lowest BCUT2D eigenvalue weighted by Gasteiger charge is -2.10. The molecule has 2 N–H and O–H groups in total. The Morgan fingerprint density at radius 1 is 1.17 bits per heavy atom. The number of hydrazone groups is 1. The van der Waals surface area contributed by atoms with Crippen LogP contribution in [0, 0.1) is 0 Å². The molecule has 0 aliphatic heterocycles. The second kappa shape index (κ2) is 10.9. The maximum atomic E-state index is 12.3. The van der Waals surface area contributed by atoms with Crippen LogP contribution in [0.1, 0.15) is 15.9 Å². The normalized spacial score (nSPS) is 10.4. The van der Waals surface area contributed by atoms with Crippen LogP contribution in [0.2, 0.25) is 0 Å². The minimum Gasteiger partial charge on any atom is -0.493 e. The Kier molecular flexibility index (Phi) is 8.23. The number of aliphatic carboxylic acids is 1. The van der Waals surface area contributed by atoms with Crippen LogP contribution in [0.5, 0.6) is 17.2 Å². The number of nitrogens with zero attached hydrogens (tertiary/aromatic N) is 1. The fraction of sp³-hybridized carbons (Fsp3) is 0.150. The molecule has 2 aromatic rings. The highest BCUT2D eigenvalue weighted by Crippen LogP contribution is 2.28. The van der Waals surface area contributed by atoms with Gasteiger partial charge in [-0.25, -0.2) is 10.2 Å². The van der Waals surface area contributed by atoms with Crippen LogP contribution in [0.25, 0.3) is 0 Å². The van der Waals surface area contributed by atoms with Crippen LogP contribution in [0.4, 0.5) is 0 Å². The number of rotatable bonds is 10. The molecule has 8 nitrogen and oxygen atoms in total. The largest absolute Gasteiger partial charge is 0.493 e. The first-order valence-corrected chi connectivity index (χ1v) is 9.13. The molecule has 0 saturated heterocycles. The summed E-state index contributed by atoms with van der Waals surface area (Å²) in [5, 5.41) is 12.6. The topological polar surface area (TPSA) is 106 Å². The van der Waals surface area contributed by atoms with E-state index in [1.807, 2.05) is 0 Å². The zero-order chi connectivity index (χ0) is 21.2. The Morgan fingerprint density at radius 2 is 1.93 bits per heavy atom. The summed E-state index contributed by atoms with van der Waals surface area (Å²) in [5.74, 6) is -0.177. The predicted molar refractivity (Wildman–Crippen MR) is 111 cm³/mol. The minimum atomic E-state index is -1.07. The van der Waals surface area contributed by atoms with Gasteiger partial charge >= 0.3 is 5.97 Å². The van der Waals surface area contributed by atoms with Crippen LogP contribution in [0.3, 0.4) is 0 Å². The first-order chi connectivity index (χ1) is 13.9. The molecule has 0 aliphatic carbocycles. The molecule has 0 aliphatic rings.